The van der Waals surface area contributed by atoms with Crippen molar-refractivity contribution in [2.24, 2.45) is 0 Å². The Morgan fingerprint density at radius 2 is 1.26 bits per heavy atom. The van der Waals surface area contributed by atoms with Crippen molar-refractivity contribution in [3.8, 4) is 0 Å². The fourth-order valence-electron chi connectivity index (χ4n) is 5.24. The molecule has 186 valence electrons. The summed E-state index contributed by atoms with van der Waals surface area (Å²) in [5.41, 5.74) is 5.25. The lowest BCUT2D eigenvalue weighted by Crippen LogP contribution is -2.36. The average molecular weight is 470 g/mol. The van der Waals surface area contributed by atoms with Crippen LogP contribution in [0.2, 0.25) is 0 Å². The SMILES string of the molecule is CC.CC.Cc1nc2ccccc2n1C1CCN(CCC(c2ccccc2)c2ccccc2)CC1. The van der Waals surface area contributed by atoms with Gasteiger partial charge in [-0.3, -0.25) is 0 Å². The van der Waals surface area contributed by atoms with Crippen molar-refractivity contribution in [2.75, 3.05) is 19.6 Å². The summed E-state index contributed by atoms with van der Waals surface area (Å²) >= 11 is 0. The molecule has 2 heterocycles. The summed E-state index contributed by atoms with van der Waals surface area (Å²) in [5.74, 6) is 1.60. The van der Waals surface area contributed by atoms with Crippen molar-refractivity contribution < 1.29 is 0 Å². The van der Waals surface area contributed by atoms with Crippen molar-refractivity contribution in [1.29, 1.82) is 0 Å². The Kier molecular flexibility index (Phi) is 10.6. The molecule has 1 aliphatic rings. The topological polar surface area (TPSA) is 21.1 Å². The Morgan fingerprint density at radius 3 is 1.83 bits per heavy atom. The lowest BCUT2D eigenvalue weighted by Gasteiger charge is -2.34. The number of benzene rings is 3. The highest BCUT2D eigenvalue weighted by atomic mass is 15.2. The number of likely N-dealkylation sites (tertiary alicyclic amines) is 1. The van der Waals surface area contributed by atoms with Gasteiger partial charge in [-0.25, -0.2) is 4.98 Å². The molecule has 5 rings (SSSR count). The maximum Gasteiger partial charge on any atom is 0.106 e. The number of hydrogen-bond acceptors (Lipinski definition) is 2. The summed E-state index contributed by atoms with van der Waals surface area (Å²) in [6.07, 6.45) is 3.55. The van der Waals surface area contributed by atoms with E-state index >= 15 is 0 Å². The van der Waals surface area contributed by atoms with Crippen LogP contribution in [0.5, 0.6) is 0 Å². The maximum atomic E-state index is 4.78. The Balaban J connectivity index is 0.000000815. The van der Waals surface area contributed by atoms with Crippen LogP contribution in [0.25, 0.3) is 11.0 Å². The number of piperidine rings is 1. The minimum absolute atomic E-state index is 0.458. The molecule has 1 fully saturated rings. The first-order valence-corrected chi connectivity index (χ1v) is 13.6. The zero-order valence-electron chi connectivity index (χ0n) is 22.3. The molecule has 1 saturated heterocycles. The number of rotatable bonds is 6. The number of para-hydroxylation sites is 2. The van der Waals surface area contributed by atoms with Crippen LogP contribution in [0.4, 0.5) is 0 Å². The number of fused-ring (bicyclic) bond motifs is 1. The number of aryl methyl sites for hydroxylation is 1. The normalized spacial score (nSPS) is 14.2. The monoisotopic (exact) mass is 469 g/mol. The van der Waals surface area contributed by atoms with Crippen molar-refractivity contribution in [3.63, 3.8) is 0 Å². The fraction of sp³-hybridized carbons (Fsp3) is 0.406. The molecule has 0 bridgehead atoms. The molecule has 0 unspecified atom stereocenters. The summed E-state index contributed by atoms with van der Waals surface area (Å²) in [4.78, 5) is 7.44. The number of hydrogen-bond donors (Lipinski definition) is 0. The Labute approximate surface area is 212 Å². The lowest BCUT2D eigenvalue weighted by molar-refractivity contribution is 0.183. The third-order valence-corrected chi connectivity index (χ3v) is 6.83. The van der Waals surface area contributed by atoms with E-state index in [0.29, 0.717) is 12.0 Å². The van der Waals surface area contributed by atoms with Crippen LogP contribution < -0.4 is 0 Å². The first-order chi connectivity index (χ1) is 17.3. The van der Waals surface area contributed by atoms with E-state index in [1.807, 2.05) is 27.7 Å². The maximum absolute atomic E-state index is 4.78. The average Bonchev–Trinajstić information content (AvgIpc) is 3.28. The molecule has 3 aromatic carbocycles. The van der Waals surface area contributed by atoms with Gasteiger partial charge >= 0.3 is 0 Å². The summed E-state index contributed by atoms with van der Waals surface area (Å²) in [7, 11) is 0. The number of nitrogens with zero attached hydrogens (tertiary/aromatic N) is 3. The molecule has 0 saturated carbocycles. The minimum atomic E-state index is 0.458. The molecule has 3 heteroatoms. The van der Waals surface area contributed by atoms with E-state index in [1.54, 1.807) is 0 Å². The van der Waals surface area contributed by atoms with E-state index in [4.69, 9.17) is 4.98 Å². The molecule has 0 radical (unpaired) electrons. The quantitative estimate of drug-likeness (QED) is 0.283. The summed E-state index contributed by atoms with van der Waals surface area (Å²) in [6, 6.07) is 31.1. The number of imidazole rings is 1. The summed E-state index contributed by atoms with van der Waals surface area (Å²) in [5, 5.41) is 0. The zero-order chi connectivity index (χ0) is 25.0. The Bertz CT molecular complexity index is 1070. The molecular weight excluding hydrogens is 426 g/mol. The van der Waals surface area contributed by atoms with Gasteiger partial charge in [-0.05, 0) is 56.0 Å². The van der Waals surface area contributed by atoms with Crippen LogP contribution >= 0.6 is 0 Å². The molecule has 0 aliphatic carbocycles. The molecule has 1 aliphatic heterocycles. The van der Waals surface area contributed by atoms with Gasteiger partial charge in [-0.2, -0.15) is 0 Å². The smallest absolute Gasteiger partial charge is 0.106 e. The third kappa shape index (κ3) is 6.61. The van der Waals surface area contributed by atoms with Crippen LogP contribution in [-0.2, 0) is 0 Å². The number of aromatic nitrogens is 2. The fourth-order valence-corrected chi connectivity index (χ4v) is 5.24. The van der Waals surface area contributed by atoms with Gasteiger partial charge in [0, 0.05) is 25.0 Å². The van der Waals surface area contributed by atoms with Gasteiger partial charge in [0.05, 0.1) is 11.0 Å². The first kappa shape index (κ1) is 26.7. The van der Waals surface area contributed by atoms with Gasteiger partial charge in [-0.1, -0.05) is 100 Å². The molecule has 0 N–H and O–H groups in total. The van der Waals surface area contributed by atoms with Crippen LogP contribution in [0, 0.1) is 6.92 Å². The second-order valence-corrected chi connectivity index (χ2v) is 8.75. The van der Waals surface area contributed by atoms with Gasteiger partial charge in [0.25, 0.3) is 0 Å². The van der Waals surface area contributed by atoms with Gasteiger partial charge in [0.1, 0.15) is 5.82 Å². The van der Waals surface area contributed by atoms with Gasteiger partial charge in [0.2, 0.25) is 0 Å². The molecule has 0 amide bonds. The largest absolute Gasteiger partial charge is 0.325 e. The van der Waals surface area contributed by atoms with Crippen molar-refractivity contribution in [2.45, 2.75) is 65.8 Å². The molecule has 0 atom stereocenters. The zero-order valence-corrected chi connectivity index (χ0v) is 22.3. The lowest BCUT2D eigenvalue weighted by atomic mass is 9.88. The predicted octanol–water partition coefficient (Wildman–Crippen LogP) is 8.26. The van der Waals surface area contributed by atoms with Crippen LogP contribution in [0.15, 0.2) is 84.9 Å². The van der Waals surface area contributed by atoms with Gasteiger partial charge in [0.15, 0.2) is 0 Å². The van der Waals surface area contributed by atoms with E-state index in [2.05, 4.69) is 101 Å². The van der Waals surface area contributed by atoms with Crippen LogP contribution in [0.3, 0.4) is 0 Å². The Morgan fingerprint density at radius 1 is 0.743 bits per heavy atom. The van der Waals surface area contributed by atoms with E-state index < -0.39 is 0 Å². The molecule has 35 heavy (non-hydrogen) atoms. The second kappa shape index (κ2) is 13.8. The van der Waals surface area contributed by atoms with E-state index in [9.17, 15) is 0 Å². The third-order valence-electron chi connectivity index (χ3n) is 6.83. The van der Waals surface area contributed by atoms with Crippen molar-refractivity contribution in [1.82, 2.24) is 14.5 Å². The second-order valence-electron chi connectivity index (χ2n) is 8.75. The highest BCUT2D eigenvalue weighted by Gasteiger charge is 2.24. The summed E-state index contributed by atoms with van der Waals surface area (Å²) in [6.45, 7) is 13.6. The van der Waals surface area contributed by atoms with Crippen molar-refractivity contribution in [3.05, 3.63) is 102 Å². The van der Waals surface area contributed by atoms with Gasteiger partial charge < -0.3 is 9.47 Å². The highest BCUT2D eigenvalue weighted by molar-refractivity contribution is 5.76. The Hall–Kier alpha value is -2.91. The molecular formula is C32H43N3. The van der Waals surface area contributed by atoms with E-state index in [1.165, 1.54) is 29.5 Å². The predicted molar refractivity (Wildman–Crippen MR) is 151 cm³/mol. The molecule has 3 nitrogen and oxygen atoms in total. The standard InChI is InChI=1S/C28H31N3.2C2H6/c1-22-29-27-14-8-9-15-28(27)31(22)25-16-19-30(20-17-25)21-18-26(23-10-4-2-5-11-23)24-12-6-3-7-13-24;2*1-2/h2-15,25-26H,16-21H2,1H3;2*1-2H3. The molecule has 4 aromatic rings. The van der Waals surface area contributed by atoms with Crippen LogP contribution in [0.1, 0.15) is 75.9 Å². The van der Waals surface area contributed by atoms with Crippen LogP contribution in [-0.4, -0.2) is 34.1 Å². The summed E-state index contributed by atoms with van der Waals surface area (Å²) < 4.78 is 2.48. The minimum Gasteiger partial charge on any atom is -0.325 e. The van der Waals surface area contributed by atoms with E-state index in [-0.39, 0.29) is 0 Å². The first-order valence-electron chi connectivity index (χ1n) is 13.6. The molecule has 0 spiro atoms. The van der Waals surface area contributed by atoms with E-state index in [0.717, 1.165) is 37.4 Å². The molecule has 1 aromatic heterocycles. The van der Waals surface area contributed by atoms with Gasteiger partial charge in [-0.15, -0.1) is 0 Å². The highest BCUT2D eigenvalue weighted by Crippen LogP contribution is 2.31. The van der Waals surface area contributed by atoms with Crippen molar-refractivity contribution >= 4 is 11.0 Å².